The standard InChI is InChI=1S/C27H25N5O2S/c1-16-6-8-18(9-7-16)21-20(15-28)25(29)31-23-22(27(33)32-10-12-34-13-11-32)26(35-24(21)23)30-19-5-3-4-17(2)14-19/h3-9,14,30H,10-13H2,1-2H3,(H2,29,31). The molecule has 7 nitrogen and oxygen atoms in total. The number of ether oxygens (including phenoxy) is 1. The highest BCUT2D eigenvalue weighted by atomic mass is 32.1. The zero-order valence-corrected chi connectivity index (χ0v) is 20.4. The van der Waals surface area contributed by atoms with Crippen LogP contribution in [0.3, 0.4) is 0 Å². The molecule has 0 radical (unpaired) electrons. The van der Waals surface area contributed by atoms with Crippen LogP contribution in [0.2, 0.25) is 0 Å². The molecule has 1 fully saturated rings. The molecule has 35 heavy (non-hydrogen) atoms. The van der Waals surface area contributed by atoms with Gasteiger partial charge in [-0.3, -0.25) is 4.79 Å². The van der Waals surface area contributed by atoms with Gasteiger partial charge in [-0.1, -0.05) is 42.0 Å². The third kappa shape index (κ3) is 4.32. The molecule has 4 aromatic rings. The highest BCUT2D eigenvalue weighted by Gasteiger charge is 2.29. The first-order valence-electron chi connectivity index (χ1n) is 11.4. The number of rotatable bonds is 4. The lowest BCUT2D eigenvalue weighted by atomic mass is 9.99. The van der Waals surface area contributed by atoms with E-state index in [0.717, 1.165) is 27.1 Å². The zero-order valence-electron chi connectivity index (χ0n) is 19.6. The number of carbonyl (C=O) groups excluding carboxylic acids is 1. The molecule has 1 aliphatic heterocycles. The van der Waals surface area contributed by atoms with Crippen LogP contribution in [0.1, 0.15) is 27.0 Å². The minimum absolute atomic E-state index is 0.117. The van der Waals surface area contributed by atoms with Crippen LogP contribution in [0.5, 0.6) is 0 Å². The zero-order chi connectivity index (χ0) is 24.5. The second kappa shape index (κ2) is 9.37. The van der Waals surface area contributed by atoms with E-state index >= 15 is 0 Å². The number of nitrogen functional groups attached to an aromatic ring is 1. The SMILES string of the molecule is Cc1ccc(-c2c(C#N)c(N)nc3c(C(=O)N4CCOCC4)c(Nc4cccc(C)c4)sc23)cc1. The maximum Gasteiger partial charge on any atom is 0.259 e. The fourth-order valence-electron chi connectivity index (χ4n) is 4.29. The lowest BCUT2D eigenvalue weighted by Gasteiger charge is -2.27. The Hall–Kier alpha value is -3.93. The quantitative estimate of drug-likeness (QED) is 0.411. The molecule has 0 bridgehead atoms. The van der Waals surface area contributed by atoms with Crippen molar-refractivity contribution in [2.24, 2.45) is 0 Å². The molecule has 1 saturated heterocycles. The molecule has 0 unspecified atom stereocenters. The van der Waals surface area contributed by atoms with Crippen LogP contribution in [0.15, 0.2) is 48.5 Å². The van der Waals surface area contributed by atoms with Crippen LogP contribution >= 0.6 is 11.3 Å². The lowest BCUT2D eigenvalue weighted by Crippen LogP contribution is -2.40. The summed E-state index contributed by atoms with van der Waals surface area (Å²) in [5.41, 5.74) is 12.2. The second-order valence-corrected chi connectivity index (χ2v) is 9.63. The van der Waals surface area contributed by atoms with Gasteiger partial charge in [0.25, 0.3) is 5.91 Å². The van der Waals surface area contributed by atoms with Crippen molar-refractivity contribution in [3.63, 3.8) is 0 Å². The van der Waals surface area contributed by atoms with E-state index in [2.05, 4.69) is 16.4 Å². The van der Waals surface area contributed by atoms with Gasteiger partial charge >= 0.3 is 0 Å². The Bertz CT molecular complexity index is 1460. The van der Waals surface area contributed by atoms with Gasteiger partial charge in [0, 0.05) is 24.3 Å². The van der Waals surface area contributed by atoms with Crippen molar-refractivity contribution in [1.29, 1.82) is 5.26 Å². The van der Waals surface area contributed by atoms with E-state index in [1.807, 2.05) is 62.4 Å². The van der Waals surface area contributed by atoms with Gasteiger partial charge in [0.15, 0.2) is 0 Å². The molecule has 2 aromatic heterocycles. The monoisotopic (exact) mass is 483 g/mol. The third-order valence-electron chi connectivity index (χ3n) is 6.09. The van der Waals surface area contributed by atoms with Gasteiger partial charge in [-0.25, -0.2) is 4.98 Å². The highest BCUT2D eigenvalue weighted by molar-refractivity contribution is 7.24. The fraction of sp³-hybridized carbons (Fsp3) is 0.222. The smallest absolute Gasteiger partial charge is 0.259 e. The molecule has 0 spiro atoms. The molecule has 1 amide bonds. The summed E-state index contributed by atoms with van der Waals surface area (Å²) in [6.07, 6.45) is 0. The Labute approximate surface area is 207 Å². The Kier molecular flexibility index (Phi) is 6.12. The van der Waals surface area contributed by atoms with Gasteiger partial charge in [-0.05, 0) is 37.1 Å². The number of aryl methyl sites for hydroxylation is 2. The van der Waals surface area contributed by atoms with E-state index in [4.69, 9.17) is 10.5 Å². The van der Waals surface area contributed by atoms with Gasteiger partial charge in [-0.15, -0.1) is 11.3 Å². The summed E-state index contributed by atoms with van der Waals surface area (Å²) in [4.78, 5) is 20.2. The van der Waals surface area contributed by atoms with Gasteiger partial charge in [-0.2, -0.15) is 5.26 Å². The van der Waals surface area contributed by atoms with E-state index in [-0.39, 0.29) is 11.7 Å². The van der Waals surface area contributed by atoms with Crippen LogP contribution in [-0.2, 0) is 4.74 Å². The number of hydrogen-bond acceptors (Lipinski definition) is 7. The summed E-state index contributed by atoms with van der Waals surface area (Å²) in [7, 11) is 0. The van der Waals surface area contributed by atoms with E-state index in [1.165, 1.54) is 11.3 Å². The number of aromatic nitrogens is 1. The first-order valence-corrected chi connectivity index (χ1v) is 12.2. The number of thiophene rings is 1. The largest absolute Gasteiger partial charge is 0.383 e. The number of fused-ring (bicyclic) bond motifs is 1. The van der Waals surface area contributed by atoms with Crippen LogP contribution in [-0.4, -0.2) is 42.1 Å². The normalized spacial score (nSPS) is 13.6. The second-order valence-electron chi connectivity index (χ2n) is 8.61. The first kappa shape index (κ1) is 22.8. The number of nitrogens with zero attached hydrogens (tertiary/aromatic N) is 3. The molecule has 0 saturated carbocycles. The van der Waals surface area contributed by atoms with E-state index < -0.39 is 0 Å². The fourth-order valence-corrected chi connectivity index (χ4v) is 5.52. The minimum Gasteiger partial charge on any atom is -0.383 e. The summed E-state index contributed by atoms with van der Waals surface area (Å²) in [6, 6.07) is 18.2. The molecule has 5 rings (SSSR count). The highest BCUT2D eigenvalue weighted by Crippen LogP contribution is 2.44. The average Bonchev–Trinajstić information content (AvgIpc) is 3.21. The van der Waals surface area contributed by atoms with Crippen LogP contribution in [0.25, 0.3) is 21.3 Å². The number of morpholine rings is 1. The number of nitrogens with two attached hydrogens (primary N) is 1. The van der Waals surface area contributed by atoms with Crippen molar-refractivity contribution in [3.05, 3.63) is 70.8 Å². The third-order valence-corrected chi connectivity index (χ3v) is 7.20. The molecule has 2 aromatic carbocycles. The number of pyridine rings is 1. The molecular weight excluding hydrogens is 458 g/mol. The van der Waals surface area contributed by atoms with E-state index in [0.29, 0.717) is 53.5 Å². The number of amides is 1. The van der Waals surface area contributed by atoms with Crippen molar-refractivity contribution in [2.45, 2.75) is 13.8 Å². The Morgan fingerprint density at radius 1 is 1.14 bits per heavy atom. The van der Waals surface area contributed by atoms with Gasteiger partial charge in [0.1, 0.15) is 28.0 Å². The number of hydrogen-bond donors (Lipinski definition) is 2. The van der Waals surface area contributed by atoms with Crippen LogP contribution < -0.4 is 11.1 Å². The van der Waals surface area contributed by atoms with Crippen LogP contribution in [0, 0.1) is 25.2 Å². The van der Waals surface area contributed by atoms with Crippen molar-refractivity contribution in [2.75, 3.05) is 37.4 Å². The summed E-state index contributed by atoms with van der Waals surface area (Å²) in [5.74, 6) is -0.00678. The van der Waals surface area contributed by atoms with E-state index in [1.54, 1.807) is 4.90 Å². The first-order chi connectivity index (χ1) is 17.0. The molecule has 3 N–H and O–H groups in total. The molecule has 0 atom stereocenters. The molecule has 3 heterocycles. The topological polar surface area (TPSA) is 104 Å². The Balaban J connectivity index is 1.77. The van der Waals surface area contributed by atoms with E-state index in [9.17, 15) is 10.1 Å². The molecular formula is C27H25N5O2S. The molecule has 0 aliphatic carbocycles. The lowest BCUT2D eigenvalue weighted by molar-refractivity contribution is 0.0305. The van der Waals surface area contributed by atoms with Crippen LogP contribution in [0.4, 0.5) is 16.5 Å². The number of carbonyl (C=O) groups is 1. The molecule has 1 aliphatic rings. The van der Waals surface area contributed by atoms with Gasteiger partial charge in [0.05, 0.1) is 23.4 Å². The maximum atomic E-state index is 13.8. The van der Waals surface area contributed by atoms with Crippen molar-refractivity contribution in [3.8, 4) is 17.2 Å². The average molecular weight is 484 g/mol. The summed E-state index contributed by atoms with van der Waals surface area (Å²) in [5, 5.41) is 14.1. The van der Waals surface area contributed by atoms with Gasteiger partial charge < -0.3 is 20.7 Å². The Morgan fingerprint density at radius 3 is 2.57 bits per heavy atom. The maximum absolute atomic E-state index is 13.8. The number of nitrogens with one attached hydrogen (secondary N) is 1. The predicted molar refractivity (Wildman–Crippen MR) is 140 cm³/mol. The molecule has 8 heteroatoms. The van der Waals surface area contributed by atoms with Crippen molar-refractivity contribution < 1.29 is 9.53 Å². The summed E-state index contributed by atoms with van der Waals surface area (Å²) < 4.78 is 6.21. The predicted octanol–water partition coefficient (Wildman–Crippen LogP) is 5.25. The number of nitriles is 1. The molecule has 176 valence electrons. The number of benzene rings is 2. The van der Waals surface area contributed by atoms with Gasteiger partial charge in [0.2, 0.25) is 0 Å². The van der Waals surface area contributed by atoms with Crippen molar-refractivity contribution >= 4 is 44.0 Å². The Morgan fingerprint density at radius 2 is 1.89 bits per heavy atom. The number of anilines is 3. The van der Waals surface area contributed by atoms with Crippen molar-refractivity contribution in [1.82, 2.24) is 9.88 Å². The summed E-state index contributed by atoms with van der Waals surface area (Å²) in [6.45, 7) is 6.05. The summed E-state index contributed by atoms with van der Waals surface area (Å²) >= 11 is 1.42. The minimum atomic E-state index is -0.124.